The third kappa shape index (κ3) is 3.11. The third-order valence-corrected chi connectivity index (χ3v) is 2.61. The van der Waals surface area contributed by atoms with Crippen LogP contribution in [0.3, 0.4) is 0 Å². The molecule has 0 aliphatic heterocycles. The standard InChI is InChI=1S/C13H14N2O4/c1-9(13(16)18-12-7-8-14-19-12)10-5-3-4-6-11(10)15-17-2/h3-9,15H,1-2H3. The van der Waals surface area contributed by atoms with Gasteiger partial charge in [-0.25, -0.2) is 0 Å². The number of nitrogens with one attached hydrogen (secondary N) is 1. The minimum Gasteiger partial charge on any atom is -0.391 e. The predicted molar refractivity (Wildman–Crippen MR) is 67.6 cm³/mol. The Hall–Kier alpha value is -2.34. The molecule has 19 heavy (non-hydrogen) atoms. The van der Waals surface area contributed by atoms with Crippen LogP contribution in [0.4, 0.5) is 5.69 Å². The summed E-state index contributed by atoms with van der Waals surface area (Å²) in [5.41, 5.74) is 4.21. The molecule has 0 bridgehead atoms. The maximum Gasteiger partial charge on any atom is 0.321 e. The number of ether oxygens (including phenoxy) is 1. The van der Waals surface area contributed by atoms with Gasteiger partial charge in [0.05, 0.1) is 24.9 Å². The van der Waals surface area contributed by atoms with Crippen molar-refractivity contribution in [1.29, 1.82) is 0 Å². The van der Waals surface area contributed by atoms with Gasteiger partial charge in [0.15, 0.2) is 0 Å². The Morgan fingerprint density at radius 1 is 1.37 bits per heavy atom. The summed E-state index contributed by atoms with van der Waals surface area (Å²) < 4.78 is 9.80. The Labute approximate surface area is 110 Å². The second kappa shape index (κ2) is 6.01. The summed E-state index contributed by atoms with van der Waals surface area (Å²) in [5.74, 6) is -0.819. The fraction of sp³-hybridized carbons (Fsp3) is 0.231. The number of carbonyl (C=O) groups excluding carboxylic acids is 1. The van der Waals surface area contributed by atoms with Crippen molar-refractivity contribution in [1.82, 2.24) is 5.16 Å². The first-order valence-electron chi connectivity index (χ1n) is 5.72. The van der Waals surface area contributed by atoms with E-state index in [9.17, 15) is 4.79 Å². The van der Waals surface area contributed by atoms with Gasteiger partial charge in [-0.2, -0.15) is 0 Å². The molecule has 0 amide bonds. The number of hydrogen-bond acceptors (Lipinski definition) is 6. The highest BCUT2D eigenvalue weighted by molar-refractivity contribution is 5.81. The van der Waals surface area contributed by atoms with E-state index in [0.717, 1.165) is 5.56 Å². The van der Waals surface area contributed by atoms with E-state index in [4.69, 9.17) is 14.1 Å². The van der Waals surface area contributed by atoms with Gasteiger partial charge in [-0.1, -0.05) is 23.4 Å². The summed E-state index contributed by atoms with van der Waals surface area (Å²) in [7, 11) is 1.51. The van der Waals surface area contributed by atoms with E-state index in [0.29, 0.717) is 5.69 Å². The van der Waals surface area contributed by atoms with Crippen LogP contribution in [-0.2, 0) is 9.63 Å². The number of esters is 1. The van der Waals surface area contributed by atoms with E-state index in [2.05, 4.69) is 10.6 Å². The highest BCUT2D eigenvalue weighted by Crippen LogP contribution is 2.26. The van der Waals surface area contributed by atoms with Crippen molar-refractivity contribution in [3.05, 3.63) is 42.1 Å². The van der Waals surface area contributed by atoms with E-state index in [1.807, 2.05) is 24.3 Å². The number of anilines is 1. The second-order valence-corrected chi connectivity index (χ2v) is 3.87. The average Bonchev–Trinajstić information content (AvgIpc) is 2.92. The number of benzene rings is 1. The van der Waals surface area contributed by atoms with Crippen molar-refractivity contribution in [3.8, 4) is 5.95 Å². The van der Waals surface area contributed by atoms with Gasteiger partial charge in [0.2, 0.25) is 0 Å². The van der Waals surface area contributed by atoms with E-state index < -0.39 is 11.9 Å². The number of rotatable bonds is 5. The van der Waals surface area contributed by atoms with Crippen LogP contribution in [0, 0.1) is 0 Å². The Morgan fingerprint density at radius 2 is 2.16 bits per heavy atom. The largest absolute Gasteiger partial charge is 0.391 e. The molecule has 0 aliphatic rings. The van der Waals surface area contributed by atoms with Crippen LogP contribution in [0.1, 0.15) is 18.4 Å². The van der Waals surface area contributed by atoms with Gasteiger partial charge >= 0.3 is 11.9 Å². The molecule has 0 saturated heterocycles. The van der Waals surface area contributed by atoms with Crippen molar-refractivity contribution < 1.29 is 18.9 Å². The first kappa shape index (κ1) is 13.1. The quantitative estimate of drug-likeness (QED) is 0.658. The lowest BCUT2D eigenvalue weighted by Crippen LogP contribution is -2.17. The molecule has 1 N–H and O–H groups in total. The molecule has 6 heteroatoms. The summed E-state index contributed by atoms with van der Waals surface area (Å²) in [4.78, 5) is 16.9. The van der Waals surface area contributed by atoms with E-state index >= 15 is 0 Å². The highest BCUT2D eigenvalue weighted by atomic mass is 16.7. The number of para-hydroxylation sites is 1. The Morgan fingerprint density at radius 3 is 2.84 bits per heavy atom. The van der Waals surface area contributed by atoms with Gasteiger partial charge in [-0.15, -0.1) is 0 Å². The predicted octanol–water partition coefficient (Wildman–Crippen LogP) is 2.36. The zero-order chi connectivity index (χ0) is 13.7. The SMILES string of the molecule is CONc1ccccc1C(C)C(=O)Oc1ccno1. The monoisotopic (exact) mass is 262 g/mol. The summed E-state index contributed by atoms with van der Waals surface area (Å²) in [6.07, 6.45) is 1.41. The van der Waals surface area contributed by atoms with Crippen LogP contribution in [0.2, 0.25) is 0 Å². The van der Waals surface area contributed by atoms with E-state index in [-0.39, 0.29) is 5.95 Å². The zero-order valence-corrected chi connectivity index (χ0v) is 10.6. The summed E-state index contributed by atoms with van der Waals surface area (Å²) in [6, 6.07) is 8.81. The number of carbonyl (C=O) groups is 1. The fourth-order valence-corrected chi connectivity index (χ4v) is 1.65. The molecule has 0 spiro atoms. The molecule has 1 aromatic carbocycles. The molecule has 6 nitrogen and oxygen atoms in total. The molecule has 0 aliphatic carbocycles. The molecular weight excluding hydrogens is 248 g/mol. The zero-order valence-electron chi connectivity index (χ0n) is 10.6. The second-order valence-electron chi connectivity index (χ2n) is 3.87. The van der Waals surface area contributed by atoms with Gasteiger partial charge in [-0.05, 0) is 18.6 Å². The molecule has 2 aromatic rings. The smallest absolute Gasteiger partial charge is 0.321 e. The number of aromatic nitrogens is 1. The Balaban J connectivity index is 2.14. The maximum absolute atomic E-state index is 12.0. The van der Waals surface area contributed by atoms with Crippen molar-refractivity contribution in [2.45, 2.75) is 12.8 Å². The van der Waals surface area contributed by atoms with Gasteiger partial charge < -0.3 is 9.26 Å². The molecule has 0 saturated carbocycles. The lowest BCUT2D eigenvalue weighted by molar-refractivity contribution is -0.137. The molecule has 0 fully saturated rings. The first-order chi connectivity index (χ1) is 9.22. The molecular formula is C13H14N2O4. The van der Waals surface area contributed by atoms with Crippen molar-refractivity contribution in [2.75, 3.05) is 12.6 Å². The molecule has 1 aromatic heterocycles. The average molecular weight is 262 g/mol. The van der Waals surface area contributed by atoms with Crippen molar-refractivity contribution >= 4 is 11.7 Å². The topological polar surface area (TPSA) is 73.6 Å². The summed E-state index contributed by atoms with van der Waals surface area (Å²) in [5, 5.41) is 3.47. The maximum atomic E-state index is 12.0. The lowest BCUT2D eigenvalue weighted by atomic mass is 10.00. The highest BCUT2D eigenvalue weighted by Gasteiger charge is 2.21. The van der Waals surface area contributed by atoms with Crippen molar-refractivity contribution in [3.63, 3.8) is 0 Å². The van der Waals surface area contributed by atoms with Crippen molar-refractivity contribution in [2.24, 2.45) is 0 Å². The molecule has 1 heterocycles. The molecule has 1 atom stereocenters. The minimum atomic E-state index is -0.469. The van der Waals surface area contributed by atoms with Crippen LogP contribution in [0.15, 0.2) is 41.1 Å². The minimum absolute atomic E-state index is 0.0778. The van der Waals surface area contributed by atoms with E-state index in [1.165, 1.54) is 19.4 Å². The molecule has 100 valence electrons. The Bertz CT molecular complexity index is 539. The lowest BCUT2D eigenvalue weighted by Gasteiger charge is -2.14. The number of nitrogens with zero attached hydrogens (tertiary/aromatic N) is 1. The molecule has 0 radical (unpaired) electrons. The van der Waals surface area contributed by atoms with Crippen LogP contribution < -0.4 is 10.2 Å². The number of hydrogen-bond donors (Lipinski definition) is 1. The third-order valence-electron chi connectivity index (χ3n) is 2.61. The van der Waals surface area contributed by atoms with E-state index in [1.54, 1.807) is 6.92 Å². The van der Waals surface area contributed by atoms with Gasteiger partial charge in [0, 0.05) is 6.07 Å². The van der Waals surface area contributed by atoms with Gasteiger partial charge in [0.25, 0.3) is 0 Å². The Kier molecular flexibility index (Phi) is 4.15. The van der Waals surface area contributed by atoms with Crippen LogP contribution in [0.25, 0.3) is 0 Å². The van der Waals surface area contributed by atoms with Gasteiger partial charge in [0.1, 0.15) is 0 Å². The summed E-state index contributed by atoms with van der Waals surface area (Å²) >= 11 is 0. The normalized spacial score (nSPS) is 11.9. The summed E-state index contributed by atoms with van der Waals surface area (Å²) in [6.45, 7) is 1.74. The van der Waals surface area contributed by atoms with Crippen LogP contribution >= 0.6 is 0 Å². The fourth-order valence-electron chi connectivity index (χ4n) is 1.65. The molecule has 2 rings (SSSR count). The molecule has 1 unspecified atom stereocenters. The first-order valence-corrected chi connectivity index (χ1v) is 5.72. The van der Waals surface area contributed by atoms with Crippen LogP contribution in [0.5, 0.6) is 5.95 Å². The van der Waals surface area contributed by atoms with Crippen LogP contribution in [-0.4, -0.2) is 18.2 Å². The van der Waals surface area contributed by atoms with Gasteiger partial charge in [-0.3, -0.25) is 15.1 Å².